The number of fused-ring (bicyclic) bond motifs is 4. The Morgan fingerprint density at radius 3 is 1.43 bits per heavy atom. The number of carbonyl (C=O) groups excluding carboxylic acids is 3. The Labute approximate surface area is 763 Å². The minimum atomic E-state index is -4.49. The summed E-state index contributed by atoms with van der Waals surface area (Å²) in [6.07, 6.45) is 18.5. The zero-order valence-electron chi connectivity index (χ0n) is 72.3. The number of carbonyl (C=O) groups is 3. The smallest absolute Gasteiger partial charge is 0.399 e. The van der Waals surface area contributed by atoms with Crippen LogP contribution in [0.4, 0.5) is 53.2 Å². The van der Waals surface area contributed by atoms with Crippen molar-refractivity contribution < 1.29 is 37.0 Å². The van der Waals surface area contributed by atoms with Crippen LogP contribution in [0.15, 0.2) is 311 Å². The molecule has 2 fully saturated rings. The van der Waals surface area contributed by atoms with E-state index in [1.54, 1.807) is 85.7 Å². The van der Waals surface area contributed by atoms with Crippen molar-refractivity contribution in [3.05, 3.63) is 389 Å². The number of hydrogen-bond acceptors (Lipinski definition) is 20. The van der Waals surface area contributed by atoms with E-state index >= 15 is 0 Å². The maximum Gasteiger partial charge on any atom is 0.416 e. The summed E-state index contributed by atoms with van der Waals surface area (Å²) in [7, 11) is 0. The van der Waals surface area contributed by atoms with Gasteiger partial charge in [0.2, 0.25) is 5.95 Å². The van der Waals surface area contributed by atoms with E-state index in [9.17, 15) is 27.6 Å². The van der Waals surface area contributed by atoms with Crippen LogP contribution in [-0.4, -0.2) is 140 Å². The molecule has 0 bridgehead atoms. The van der Waals surface area contributed by atoms with Crippen molar-refractivity contribution in [2.24, 2.45) is 0 Å². The predicted octanol–water partition coefficient (Wildman–Crippen LogP) is 19.8. The highest BCUT2D eigenvalue weighted by molar-refractivity contribution is 6.05. The van der Waals surface area contributed by atoms with Gasteiger partial charge in [-0.1, -0.05) is 109 Å². The van der Waals surface area contributed by atoms with Gasteiger partial charge in [0.05, 0.1) is 93.6 Å². The van der Waals surface area contributed by atoms with Gasteiger partial charge in [0.1, 0.15) is 17.5 Å². The first-order chi connectivity index (χ1) is 65.0. The second kappa shape index (κ2) is 40.4. The fourth-order valence-electron chi connectivity index (χ4n) is 16.1. The van der Waals surface area contributed by atoms with Gasteiger partial charge in [0, 0.05) is 186 Å². The Morgan fingerprint density at radius 2 is 0.910 bits per heavy atom. The number of benzene rings is 8. The third kappa shape index (κ3) is 21.7. The Hall–Kier alpha value is -16.6. The van der Waals surface area contributed by atoms with Crippen LogP contribution in [0.5, 0.6) is 0 Å². The molecular formula is C105H89F3N20O5. The number of alkyl halides is 3. The van der Waals surface area contributed by atoms with E-state index in [0.29, 0.717) is 71.3 Å². The second-order valence-electron chi connectivity index (χ2n) is 32.0. The summed E-state index contributed by atoms with van der Waals surface area (Å²) >= 11 is 0. The number of hydrogen-bond donors (Lipinski definition) is 7. The number of aromatic amines is 3. The van der Waals surface area contributed by atoms with Gasteiger partial charge in [-0.05, 0) is 193 Å². The molecule has 0 unspecified atom stereocenters. The number of nitrogens with zero attached hydrogens (tertiary/aromatic N) is 13. The lowest BCUT2D eigenvalue weighted by molar-refractivity contribution is -0.137. The zero-order chi connectivity index (χ0) is 91.0. The average molecular weight is 1770 g/mol. The summed E-state index contributed by atoms with van der Waals surface area (Å²) < 4.78 is 50.1. The first-order valence-corrected chi connectivity index (χ1v) is 43.5. The van der Waals surface area contributed by atoms with E-state index in [2.05, 4.69) is 103 Å². The molecule has 2 aliphatic heterocycles. The number of H-pyrrole nitrogens is 3. The number of Topliss-reactive ketones (excluding diaryl/α,β-unsaturated/α-hetero) is 1. The quantitative estimate of drug-likeness (QED) is 0.0260. The van der Waals surface area contributed by atoms with Gasteiger partial charge in [-0.2, -0.15) is 13.2 Å². The standard InChI is InChI=1S/C28H23N3O.C26H18F3N5O.C26H28N6O2.C25H20N6O/c1-19-8-5-9-20(16-19)17-26(32)22-12-6-13-23(18-22)29-28-30-25-15-7-14-24(25)27(31-28)21-10-3-2-4-11-21;27-26(28,29)19-7-2-8-20(14-19)32-25(35)17-5-1-4-16(12-17)13-22-33-21-9-11-31-24(21)23(34-22)18-6-3-10-30-15-18;1-2-20(18-27-4-1)25-26-23(3-5-28-26)29-24(30-25)16-19-14-21(31-6-10-33-11-7-31)17-22(15-19)32-8-12-34-13-9-32;26-19-6-8-20(9-7-19)29-25(32)17-4-1-3-16(13-17)14-22-30-21-10-12-28-24(21)23(31-22)18-5-2-11-27-15-18/h2-13,15-16,18H,14,17H2,1H3,(H,29,30,31);1-12,14-15,31H,13H2,(H,32,35);1-5,14-15,17-18,28H,6-13,16H2;1-13,15,28H,14,26H2,(H,29,32). The number of aromatic nitrogens is 14. The lowest BCUT2D eigenvalue weighted by Gasteiger charge is -2.33. The van der Waals surface area contributed by atoms with E-state index in [4.69, 9.17) is 50.1 Å². The highest BCUT2D eigenvalue weighted by atomic mass is 19.4. The summed E-state index contributed by atoms with van der Waals surface area (Å²) in [5, 5.41) is 8.73. The number of rotatable bonds is 21. The number of amides is 2. The summed E-state index contributed by atoms with van der Waals surface area (Å²) in [6, 6.07) is 75.9. The van der Waals surface area contributed by atoms with Crippen LogP contribution in [0.3, 0.4) is 0 Å². The largest absolute Gasteiger partial charge is 0.416 e. The van der Waals surface area contributed by atoms with Crippen LogP contribution in [0.1, 0.15) is 93.2 Å². The summed E-state index contributed by atoms with van der Waals surface area (Å²) in [5.41, 5.74) is 30.6. The van der Waals surface area contributed by atoms with E-state index in [1.807, 2.05) is 171 Å². The Bertz CT molecular complexity index is 7180. The topological polar surface area (TPSA) is 327 Å². The van der Waals surface area contributed by atoms with Gasteiger partial charge in [-0.3, -0.25) is 29.3 Å². The number of pyridine rings is 3. The van der Waals surface area contributed by atoms with Crippen LogP contribution in [-0.2, 0) is 47.8 Å². The lowest BCUT2D eigenvalue weighted by atomic mass is 10.0. The molecule has 25 nitrogen and oxygen atoms in total. The number of allylic oxidation sites excluding steroid dienone is 1. The molecule has 0 saturated carbocycles. The number of anilines is 7. The van der Waals surface area contributed by atoms with Crippen molar-refractivity contribution in [1.82, 2.24) is 69.8 Å². The van der Waals surface area contributed by atoms with Crippen LogP contribution in [0.2, 0.25) is 0 Å². The Balaban J connectivity index is 0.000000119. The highest BCUT2D eigenvalue weighted by Gasteiger charge is 2.31. The van der Waals surface area contributed by atoms with Gasteiger partial charge < -0.3 is 55.9 Å². The average Bonchev–Trinajstić information content (AvgIpc) is 1.71. The van der Waals surface area contributed by atoms with Crippen molar-refractivity contribution in [3.8, 4) is 45.0 Å². The van der Waals surface area contributed by atoms with Gasteiger partial charge in [-0.15, -0.1) is 0 Å². The number of nitrogens with two attached hydrogens (primary N) is 1. The van der Waals surface area contributed by atoms with Crippen LogP contribution >= 0.6 is 0 Å². The molecule has 0 radical (unpaired) electrons. The summed E-state index contributed by atoms with van der Waals surface area (Å²) in [4.78, 5) is 104. The fraction of sp³-hybridized carbons (Fsp3) is 0.143. The number of aryl methyl sites for hydroxylation is 1. The molecule has 0 spiro atoms. The number of ether oxygens (including phenoxy) is 2. The molecule has 28 heteroatoms. The SMILES string of the molecule is Cc1cccc(CC(=O)c2cccc(Nc3nc4c(c(-c5ccccc5)n3)CC=C4)c2)c1.Nc1ccc(NC(=O)c2cccc(Cc3nc(-c4cccnc4)c4[nH]ccc4n3)c2)cc1.O=C(Nc1cccc(C(F)(F)F)c1)c1cccc(Cc2nc(-c3cccnc3)c3[nH]ccc3n2)c1.c1cncc(-c2nc(Cc3cc(N4CCOCC4)cc(N4CCOCC4)c3)nc3cc[nH]c23)c1. The van der Waals surface area contributed by atoms with E-state index < -0.39 is 17.6 Å². The van der Waals surface area contributed by atoms with Crippen molar-refractivity contribution >= 4 is 96.8 Å². The summed E-state index contributed by atoms with van der Waals surface area (Å²) in [6.45, 7) is 8.71. The van der Waals surface area contributed by atoms with E-state index in [-0.39, 0.29) is 17.4 Å². The molecule has 10 aromatic heterocycles. The normalized spacial score (nSPS) is 12.8. The van der Waals surface area contributed by atoms with Crippen LogP contribution < -0.4 is 31.5 Å². The lowest BCUT2D eigenvalue weighted by Crippen LogP contribution is -2.38. The number of morpholine rings is 2. The zero-order valence-corrected chi connectivity index (χ0v) is 72.3. The highest BCUT2D eigenvalue weighted by Crippen LogP contribution is 2.36. The molecule has 18 aromatic rings. The first-order valence-electron chi connectivity index (χ1n) is 43.5. The molecule has 3 aliphatic rings. The van der Waals surface area contributed by atoms with Gasteiger partial charge in [0.25, 0.3) is 11.8 Å². The molecular weight excluding hydrogens is 1680 g/mol. The van der Waals surface area contributed by atoms with Crippen molar-refractivity contribution in [2.45, 2.75) is 45.2 Å². The van der Waals surface area contributed by atoms with Crippen molar-refractivity contribution in [2.75, 3.05) is 84.1 Å². The maximum atomic E-state index is 13.0. The third-order valence-electron chi connectivity index (χ3n) is 22.5. The molecule has 1 aliphatic carbocycles. The molecule has 2 amide bonds. The molecule has 660 valence electrons. The van der Waals surface area contributed by atoms with Crippen molar-refractivity contribution in [1.29, 1.82) is 0 Å². The second-order valence-corrected chi connectivity index (χ2v) is 32.0. The third-order valence-corrected chi connectivity index (χ3v) is 22.5. The van der Waals surface area contributed by atoms with E-state index in [0.717, 1.165) is 194 Å². The molecule has 8 aromatic carbocycles. The Morgan fingerprint density at radius 1 is 0.429 bits per heavy atom. The molecule has 12 heterocycles. The number of nitrogen functional groups attached to an aromatic ring is 1. The monoisotopic (exact) mass is 1770 g/mol. The van der Waals surface area contributed by atoms with Gasteiger partial charge in [-0.25, -0.2) is 39.9 Å². The number of halogens is 3. The van der Waals surface area contributed by atoms with E-state index in [1.165, 1.54) is 29.1 Å². The minimum Gasteiger partial charge on any atom is -0.399 e. The molecule has 133 heavy (non-hydrogen) atoms. The number of nitrogens with one attached hydrogen (secondary N) is 6. The Kier molecular flexibility index (Phi) is 26.5. The molecule has 8 N–H and O–H groups in total. The number of ketones is 1. The molecule has 2 saturated heterocycles. The molecule has 21 rings (SSSR count). The van der Waals surface area contributed by atoms with Gasteiger partial charge in [0.15, 0.2) is 5.78 Å². The van der Waals surface area contributed by atoms with Crippen molar-refractivity contribution in [3.63, 3.8) is 0 Å². The first kappa shape index (κ1) is 87.1. The predicted molar refractivity (Wildman–Crippen MR) is 513 cm³/mol. The fourth-order valence-corrected chi connectivity index (χ4v) is 16.1. The van der Waals surface area contributed by atoms with Crippen LogP contribution in [0, 0.1) is 6.92 Å². The summed E-state index contributed by atoms with van der Waals surface area (Å²) in [5.74, 6) is 1.95. The van der Waals surface area contributed by atoms with Gasteiger partial charge >= 0.3 is 6.18 Å². The minimum absolute atomic E-state index is 0.0672. The maximum absolute atomic E-state index is 13.0. The molecule has 0 atom stereocenters. The van der Waals surface area contributed by atoms with Crippen LogP contribution in [0.25, 0.3) is 84.2 Å².